The number of likely N-dealkylation sites (N-methyl/N-ethyl adjacent to an activating group) is 1. The molecule has 2 rings (SSSR count). The van der Waals surface area contributed by atoms with Gasteiger partial charge in [0.1, 0.15) is 0 Å². The van der Waals surface area contributed by atoms with Gasteiger partial charge in [0.05, 0.1) is 19.0 Å². The van der Waals surface area contributed by atoms with Gasteiger partial charge in [-0.3, -0.25) is 0 Å². The van der Waals surface area contributed by atoms with Crippen LogP contribution in [0.25, 0.3) is 0 Å². The minimum absolute atomic E-state index is 0.166. The number of ether oxygens (including phenoxy) is 1. The van der Waals surface area contributed by atoms with E-state index in [1.54, 1.807) is 4.31 Å². The van der Waals surface area contributed by atoms with E-state index in [1.807, 2.05) is 0 Å². The molecule has 2 heterocycles. The third kappa shape index (κ3) is 5.65. The van der Waals surface area contributed by atoms with Gasteiger partial charge in [0, 0.05) is 26.2 Å². The normalized spacial score (nSPS) is 26.1. The molecule has 2 aliphatic rings. The molecule has 2 aliphatic heterocycles. The van der Waals surface area contributed by atoms with Gasteiger partial charge >= 0.3 is 0 Å². The van der Waals surface area contributed by atoms with Crippen molar-refractivity contribution in [2.75, 3.05) is 46.1 Å². The van der Waals surface area contributed by atoms with E-state index in [1.165, 1.54) is 6.26 Å². The van der Waals surface area contributed by atoms with Crippen LogP contribution in [0.2, 0.25) is 0 Å². The number of hydrogen-bond acceptors (Lipinski definition) is 4. The molecular weight excluding hydrogens is 336 g/mol. The van der Waals surface area contributed by atoms with E-state index in [0.29, 0.717) is 25.1 Å². The Balaban J connectivity index is 1.88. The van der Waals surface area contributed by atoms with Crippen LogP contribution < -0.4 is 0 Å². The van der Waals surface area contributed by atoms with Crippen LogP contribution in [0.3, 0.4) is 0 Å². The molecular formula is C19H38N2O3S. The standard InChI is InChI=1S/C19H38N2O3S/c1-18(2,16-7-11-21(12-8-16)25(6,22)23)9-10-19(3,4)17-15-20(5)13-14-24-17/h16-17H,7-15H2,1-6H3. The first-order chi connectivity index (χ1) is 11.4. The van der Waals surface area contributed by atoms with Crippen molar-refractivity contribution >= 4 is 10.0 Å². The van der Waals surface area contributed by atoms with Crippen molar-refractivity contribution in [3.8, 4) is 0 Å². The van der Waals surface area contributed by atoms with E-state index >= 15 is 0 Å². The smallest absolute Gasteiger partial charge is 0.211 e. The topological polar surface area (TPSA) is 49.9 Å². The van der Waals surface area contributed by atoms with Crippen LogP contribution in [0.1, 0.15) is 53.4 Å². The second kappa shape index (κ2) is 7.83. The molecule has 148 valence electrons. The van der Waals surface area contributed by atoms with E-state index in [4.69, 9.17) is 4.74 Å². The van der Waals surface area contributed by atoms with Crippen LogP contribution in [0.5, 0.6) is 0 Å². The Labute approximate surface area is 155 Å². The highest BCUT2D eigenvalue weighted by atomic mass is 32.2. The third-order valence-electron chi connectivity index (χ3n) is 6.58. The van der Waals surface area contributed by atoms with Gasteiger partial charge in [0.2, 0.25) is 10.0 Å². The van der Waals surface area contributed by atoms with Crippen LogP contribution in [-0.2, 0) is 14.8 Å². The maximum Gasteiger partial charge on any atom is 0.211 e. The molecule has 0 spiro atoms. The fourth-order valence-electron chi connectivity index (χ4n) is 4.23. The lowest BCUT2D eigenvalue weighted by atomic mass is 9.68. The van der Waals surface area contributed by atoms with Crippen LogP contribution in [0.4, 0.5) is 0 Å². The molecule has 2 fully saturated rings. The van der Waals surface area contributed by atoms with Gasteiger partial charge < -0.3 is 9.64 Å². The van der Waals surface area contributed by atoms with Gasteiger partial charge in [-0.15, -0.1) is 0 Å². The van der Waals surface area contributed by atoms with E-state index in [2.05, 4.69) is 39.6 Å². The first kappa shape index (κ1) is 21.1. The molecule has 0 aromatic carbocycles. The maximum atomic E-state index is 11.7. The molecule has 2 saturated heterocycles. The number of sulfonamides is 1. The summed E-state index contributed by atoms with van der Waals surface area (Å²) in [6.45, 7) is 13.6. The van der Waals surface area contributed by atoms with Crippen molar-refractivity contribution in [2.24, 2.45) is 16.7 Å². The van der Waals surface area contributed by atoms with Crippen molar-refractivity contribution in [3.63, 3.8) is 0 Å². The molecule has 0 amide bonds. The third-order valence-corrected chi connectivity index (χ3v) is 7.89. The molecule has 0 aliphatic carbocycles. The number of piperidine rings is 1. The van der Waals surface area contributed by atoms with Crippen LogP contribution in [-0.4, -0.2) is 69.8 Å². The fourth-order valence-corrected chi connectivity index (χ4v) is 5.10. The highest BCUT2D eigenvalue weighted by Crippen LogP contribution is 2.43. The summed E-state index contributed by atoms with van der Waals surface area (Å²) in [5.41, 5.74) is 0.404. The molecule has 0 saturated carbocycles. The van der Waals surface area contributed by atoms with Crippen molar-refractivity contribution in [3.05, 3.63) is 0 Å². The van der Waals surface area contributed by atoms with Gasteiger partial charge in [-0.2, -0.15) is 0 Å². The van der Waals surface area contributed by atoms with E-state index in [0.717, 1.165) is 45.4 Å². The predicted octanol–water partition coefficient (Wildman–Crippen LogP) is 2.82. The summed E-state index contributed by atoms with van der Waals surface area (Å²) in [6.07, 6.45) is 5.88. The highest BCUT2D eigenvalue weighted by Gasteiger charge is 2.38. The van der Waals surface area contributed by atoms with E-state index in [-0.39, 0.29) is 10.8 Å². The molecule has 6 heteroatoms. The van der Waals surface area contributed by atoms with Crippen LogP contribution >= 0.6 is 0 Å². The van der Waals surface area contributed by atoms with E-state index < -0.39 is 10.0 Å². The lowest BCUT2D eigenvalue weighted by Gasteiger charge is -2.44. The molecule has 0 aromatic rings. The summed E-state index contributed by atoms with van der Waals surface area (Å²) in [5.74, 6) is 0.594. The van der Waals surface area contributed by atoms with Crippen LogP contribution in [0.15, 0.2) is 0 Å². The molecule has 25 heavy (non-hydrogen) atoms. The van der Waals surface area contributed by atoms with Crippen molar-refractivity contribution < 1.29 is 13.2 Å². The van der Waals surface area contributed by atoms with Gasteiger partial charge in [-0.05, 0) is 49.5 Å². The number of nitrogens with zero attached hydrogens (tertiary/aromatic N) is 2. The Hall–Kier alpha value is -0.170. The zero-order valence-electron chi connectivity index (χ0n) is 17.0. The summed E-state index contributed by atoms with van der Waals surface area (Å²) >= 11 is 0. The average molecular weight is 375 g/mol. The van der Waals surface area contributed by atoms with E-state index in [9.17, 15) is 8.42 Å². The second-order valence-corrected chi connectivity index (χ2v) is 11.5. The Morgan fingerprint density at radius 1 is 1.00 bits per heavy atom. The number of hydrogen-bond donors (Lipinski definition) is 0. The minimum Gasteiger partial charge on any atom is -0.375 e. The Kier molecular flexibility index (Phi) is 6.62. The largest absolute Gasteiger partial charge is 0.375 e. The maximum absolute atomic E-state index is 11.7. The summed E-state index contributed by atoms with van der Waals surface area (Å²) in [7, 11) is -0.866. The Morgan fingerprint density at radius 3 is 2.08 bits per heavy atom. The summed E-state index contributed by atoms with van der Waals surface area (Å²) in [6, 6.07) is 0. The summed E-state index contributed by atoms with van der Waals surface area (Å²) in [4.78, 5) is 2.36. The lowest BCUT2D eigenvalue weighted by Crippen LogP contribution is -2.48. The fraction of sp³-hybridized carbons (Fsp3) is 1.00. The number of rotatable bonds is 6. The SMILES string of the molecule is CN1CCOC(C(C)(C)CCC(C)(C)C2CCN(S(C)(=O)=O)CC2)C1. The molecule has 0 aromatic heterocycles. The molecule has 0 radical (unpaired) electrons. The Morgan fingerprint density at radius 2 is 1.56 bits per heavy atom. The molecule has 1 atom stereocenters. The predicted molar refractivity (Wildman–Crippen MR) is 103 cm³/mol. The zero-order chi connectivity index (χ0) is 18.9. The van der Waals surface area contributed by atoms with Crippen molar-refractivity contribution in [1.82, 2.24) is 9.21 Å². The van der Waals surface area contributed by atoms with Crippen LogP contribution in [0, 0.1) is 16.7 Å². The minimum atomic E-state index is -3.04. The average Bonchev–Trinajstić information content (AvgIpc) is 2.53. The first-order valence-electron chi connectivity index (χ1n) is 9.67. The quantitative estimate of drug-likeness (QED) is 0.717. The second-order valence-electron chi connectivity index (χ2n) is 9.54. The van der Waals surface area contributed by atoms with Gasteiger partial charge in [0.25, 0.3) is 0 Å². The zero-order valence-corrected chi connectivity index (χ0v) is 17.9. The highest BCUT2D eigenvalue weighted by molar-refractivity contribution is 7.88. The monoisotopic (exact) mass is 374 g/mol. The van der Waals surface area contributed by atoms with Gasteiger partial charge in [-0.25, -0.2) is 12.7 Å². The lowest BCUT2D eigenvalue weighted by molar-refractivity contribution is -0.0854. The number of morpholine rings is 1. The molecule has 5 nitrogen and oxygen atoms in total. The molecule has 0 N–H and O–H groups in total. The summed E-state index contributed by atoms with van der Waals surface area (Å²) in [5, 5.41) is 0. The Bertz CT molecular complexity index is 537. The molecule has 0 bridgehead atoms. The van der Waals surface area contributed by atoms with Crippen molar-refractivity contribution in [2.45, 2.75) is 59.5 Å². The van der Waals surface area contributed by atoms with Gasteiger partial charge in [0.15, 0.2) is 0 Å². The molecule has 1 unspecified atom stereocenters. The van der Waals surface area contributed by atoms with Crippen molar-refractivity contribution in [1.29, 1.82) is 0 Å². The van der Waals surface area contributed by atoms with Gasteiger partial charge in [-0.1, -0.05) is 27.7 Å². The summed E-state index contributed by atoms with van der Waals surface area (Å²) < 4.78 is 31.1. The first-order valence-corrected chi connectivity index (χ1v) is 11.5.